The van der Waals surface area contributed by atoms with Gasteiger partial charge in [0.05, 0.1) is 11.0 Å². The number of rotatable bonds is 5. The Hall–Kier alpha value is -1.41. The van der Waals surface area contributed by atoms with Crippen molar-refractivity contribution in [1.29, 1.82) is 0 Å². The molecule has 1 aliphatic heterocycles. The fourth-order valence-electron chi connectivity index (χ4n) is 2.52. The van der Waals surface area contributed by atoms with E-state index in [2.05, 4.69) is 6.58 Å². The number of halogens is 1. The topological polar surface area (TPSA) is 83.9 Å². The SMILES string of the molecule is C=C(Cl)COC(=O)[C@@H]1CC(O)CN1S(=O)(=O)c1ccc(C)c(C)c1. The van der Waals surface area contributed by atoms with Crippen LogP contribution in [0.4, 0.5) is 0 Å². The monoisotopic (exact) mass is 373 g/mol. The molecule has 0 bridgehead atoms. The maximum absolute atomic E-state index is 12.9. The fraction of sp³-hybridized carbons (Fsp3) is 0.438. The summed E-state index contributed by atoms with van der Waals surface area (Å²) >= 11 is 5.56. The van der Waals surface area contributed by atoms with Gasteiger partial charge in [-0.1, -0.05) is 24.2 Å². The lowest BCUT2D eigenvalue weighted by Gasteiger charge is -2.22. The molecule has 24 heavy (non-hydrogen) atoms. The molecule has 1 aromatic carbocycles. The molecular formula is C16H20ClNO5S. The predicted molar refractivity (Wildman–Crippen MR) is 90.2 cm³/mol. The maximum Gasteiger partial charge on any atom is 0.324 e. The van der Waals surface area contributed by atoms with Crippen molar-refractivity contribution in [2.45, 2.75) is 37.3 Å². The molecule has 1 unspecified atom stereocenters. The molecule has 6 nitrogen and oxygen atoms in total. The van der Waals surface area contributed by atoms with Gasteiger partial charge < -0.3 is 9.84 Å². The Bertz CT molecular complexity index is 762. The lowest BCUT2D eigenvalue weighted by Crippen LogP contribution is -2.41. The zero-order valence-corrected chi connectivity index (χ0v) is 15.1. The number of β-amino-alcohol motifs (C(OH)–C–C–N with tert-alkyl or cyclic N) is 1. The van der Waals surface area contributed by atoms with Gasteiger partial charge in [-0.15, -0.1) is 0 Å². The van der Waals surface area contributed by atoms with Crippen LogP contribution in [0.5, 0.6) is 0 Å². The molecule has 1 N–H and O–H groups in total. The summed E-state index contributed by atoms with van der Waals surface area (Å²) in [6.07, 6.45) is -0.944. The van der Waals surface area contributed by atoms with Gasteiger partial charge in [0.2, 0.25) is 10.0 Å². The second kappa shape index (κ2) is 7.23. The van der Waals surface area contributed by atoms with Crippen LogP contribution in [-0.2, 0) is 19.6 Å². The van der Waals surface area contributed by atoms with Gasteiger partial charge >= 0.3 is 5.97 Å². The third-order valence-electron chi connectivity index (χ3n) is 3.96. The summed E-state index contributed by atoms with van der Waals surface area (Å²) in [7, 11) is -3.93. The van der Waals surface area contributed by atoms with Crippen LogP contribution in [0, 0.1) is 13.8 Å². The number of carbonyl (C=O) groups excluding carboxylic acids is 1. The zero-order valence-electron chi connectivity index (χ0n) is 13.5. The van der Waals surface area contributed by atoms with Crippen LogP contribution in [0.3, 0.4) is 0 Å². The van der Waals surface area contributed by atoms with Crippen molar-refractivity contribution in [3.05, 3.63) is 40.9 Å². The molecule has 0 spiro atoms. The minimum Gasteiger partial charge on any atom is -0.459 e. The molecule has 1 heterocycles. The highest BCUT2D eigenvalue weighted by Crippen LogP contribution is 2.28. The van der Waals surface area contributed by atoms with E-state index in [1.54, 1.807) is 12.1 Å². The molecular weight excluding hydrogens is 354 g/mol. The highest BCUT2D eigenvalue weighted by Gasteiger charge is 2.44. The Morgan fingerprint density at radius 2 is 2.08 bits per heavy atom. The Morgan fingerprint density at radius 1 is 1.42 bits per heavy atom. The molecule has 2 rings (SSSR count). The Balaban J connectivity index is 2.30. The Kier molecular flexibility index (Phi) is 5.70. The summed E-state index contributed by atoms with van der Waals surface area (Å²) in [5, 5.41) is 9.98. The van der Waals surface area contributed by atoms with Gasteiger partial charge in [0, 0.05) is 18.0 Å². The Labute approximate surface area is 146 Å². The van der Waals surface area contributed by atoms with Gasteiger partial charge in [0.15, 0.2) is 0 Å². The van der Waals surface area contributed by atoms with Crippen molar-refractivity contribution in [2.75, 3.05) is 13.2 Å². The fourth-order valence-corrected chi connectivity index (χ4v) is 4.29. The molecule has 8 heteroatoms. The number of carbonyl (C=O) groups is 1. The minimum atomic E-state index is -3.93. The molecule has 1 saturated heterocycles. The summed E-state index contributed by atoms with van der Waals surface area (Å²) in [4.78, 5) is 12.2. The van der Waals surface area contributed by atoms with Gasteiger partial charge in [-0.2, -0.15) is 4.31 Å². The van der Waals surface area contributed by atoms with Crippen LogP contribution in [0.1, 0.15) is 17.5 Å². The summed E-state index contributed by atoms with van der Waals surface area (Å²) in [6.45, 7) is 6.74. The Morgan fingerprint density at radius 3 is 2.67 bits per heavy atom. The number of hydrogen-bond donors (Lipinski definition) is 1. The third kappa shape index (κ3) is 3.97. The molecule has 2 atom stereocenters. The van der Waals surface area contributed by atoms with Crippen molar-refractivity contribution in [1.82, 2.24) is 4.31 Å². The van der Waals surface area contributed by atoms with Gasteiger partial charge in [-0.25, -0.2) is 8.42 Å². The normalized spacial score (nSPS) is 21.7. The average Bonchev–Trinajstić information content (AvgIpc) is 2.90. The van der Waals surface area contributed by atoms with Gasteiger partial charge in [-0.3, -0.25) is 4.79 Å². The van der Waals surface area contributed by atoms with E-state index in [4.69, 9.17) is 16.3 Å². The maximum atomic E-state index is 12.9. The zero-order chi connectivity index (χ0) is 18.1. The summed E-state index contributed by atoms with van der Waals surface area (Å²) in [6, 6.07) is 3.67. The van der Waals surface area contributed by atoms with Crippen molar-refractivity contribution >= 4 is 27.6 Å². The highest BCUT2D eigenvalue weighted by molar-refractivity contribution is 7.89. The number of hydrogen-bond acceptors (Lipinski definition) is 5. The smallest absolute Gasteiger partial charge is 0.324 e. The van der Waals surface area contributed by atoms with Crippen molar-refractivity contribution < 1.29 is 23.1 Å². The minimum absolute atomic E-state index is 0.0162. The van der Waals surface area contributed by atoms with E-state index in [9.17, 15) is 18.3 Å². The van der Waals surface area contributed by atoms with E-state index in [0.29, 0.717) is 0 Å². The number of aliphatic hydroxyl groups excluding tert-OH is 1. The molecule has 0 aliphatic carbocycles. The molecule has 0 aromatic heterocycles. The number of benzene rings is 1. The summed E-state index contributed by atoms with van der Waals surface area (Å²) in [5.74, 6) is -0.749. The van der Waals surface area contributed by atoms with Crippen LogP contribution >= 0.6 is 11.6 Å². The second-order valence-electron chi connectivity index (χ2n) is 5.85. The molecule has 0 radical (unpaired) electrons. The lowest BCUT2D eigenvalue weighted by atomic mass is 10.1. The standard InChI is InChI=1S/C16H20ClNO5S/c1-10-4-5-14(6-11(10)2)24(21,22)18-8-13(19)7-15(18)16(20)23-9-12(3)17/h4-6,13,15,19H,3,7-9H2,1-2H3/t13?,15-/m0/s1. The number of ether oxygens (including phenoxy) is 1. The van der Waals surface area contributed by atoms with Gasteiger partial charge in [0.1, 0.15) is 12.6 Å². The number of aryl methyl sites for hydroxylation is 2. The number of aliphatic hydroxyl groups is 1. The van der Waals surface area contributed by atoms with Crippen molar-refractivity contribution in [3.63, 3.8) is 0 Å². The molecule has 0 saturated carbocycles. The summed E-state index contributed by atoms with van der Waals surface area (Å²) in [5.41, 5.74) is 1.79. The van der Waals surface area contributed by atoms with Crippen molar-refractivity contribution in [2.24, 2.45) is 0 Å². The first kappa shape index (κ1) is 18.9. The van der Waals surface area contributed by atoms with E-state index in [1.807, 2.05) is 13.8 Å². The number of sulfonamides is 1. The first-order chi connectivity index (χ1) is 11.1. The first-order valence-corrected chi connectivity index (χ1v) is 9.22. The van der Waals surface area contributed by atoms with Crippen LogP contribution in [-0.4, -0.2) is 49.1 Å². The largest absolute Gasteiger partial charge is 0.459 e. The van der Waals surface area contributed by atoms with E-state index in [1.165, 1.54) is 6.07 Å². The number of esters is 1. The van der Waals surface area contributed by atoms with Crippen molar-refractivity contribution in [3.8, 4) is 0 Å². The van der Waals surface area contributed by atoms with E-state index in [0.717, 1.165) is 15.4 Å². The van der Waals surface area contributed by atoms with Gasteiger partial charge in [-0.05, 0) is 37.1 Å². The van der Waals surface area contributed by atoms with E-state index < -0.39 is 28.1 Å². The average molecular weight is 374 g/mol. The molecule has 132 valence electrons. The van der Waals surface area contributed by atoms with Crippen LogP contribution in [0.25, 0.3) is 0 Å². The summed E-state index contributed by atoms with van der Waals surface area (Å²) < 4.78 is 31.7. The van der Waals surface area contributed by atoms with Crippen LogP contribution in [0.15, 0.2) is 34.7 Å². The van der Waals surface area contributed by atoms with E-state index >= 15 is 0 Å². The molecule has 1 aromatic rings. The van der Waals surface area contributed by atoms with Crippen LogP contribution in [0.2, 0.25) is 0 Å². The quantitative estimate of drug-likeness (QED) is 0.794. The van der Waals surface area contributed by atoms with E-state index in [-0.39, 0.29) is 29.5 Å². The lowest BCUT2D eigenvalue weighted by molar-refractivity contribution is -0.146. The third-order valence-corrected chi connectivity index (χ3v) is 5.94. The second-order valence-corrected chi connectivity index (χ2v) is 8.28. The van der Waals surface area contributed by atoms with Crippen LogP contribution < -0.4 is 0 Å². The molecule has 0 amide bonds. The molecule has 1 aliphatic rings. The first-order valence-electron chi connectivity index (χ1n) is 7.40. The predicted octanol–water partition coefficient (Wildman–Crippen LogP) is 1.72. The highest BCUT2D eigenvalue weighted by atomic mass is 35.5. The molecule has 1 fully saturated rings. The van der Waals surface area contributed by atoms with Gasteiger partial charge in [0.25, 0.3) is 0 Å². The number of nitrogens with zero attached hydrogens (tertiary/aromatic N) is 1.